The van der Waals surface area contributed by atoms with Crippen molar-refractivity contribution < 1.29 is 84.3 Å². The molecule has 390 valence electrons. The topological polar surface area (TPSA) is 404 Å². The Morgan fingerprint density at radius 3 is 1.53 bits per heavy atom. The maximum atomic E-state index is 13.9. The molecule has 0 bridgehead atoms. The molecule has 2 saturated carbocycles. The van der Waals surface area contributed by atoms with Crippen LogP contribution < -0.4 is 27.0 Å². The number of likely N-dealkylation sites (N-methyl/N-ethyl adjacent to an activating group) is 2. The molecule has 15 N–H and O–H groups in total. The van der Waals surface area contributed by atoms with E-state index in [1.165, 1.54) is 56.8 Å². The number of aliphatic hydroxyl groups excluding tert-OH is 4. The number of primary amides is 2. The van der Waals surface area contributed by atoms with Gasteiger partial charge in [-0.15, -0.1) is 0 Å². The highest BCUT2D eigenvalue weighted by Gasteiger charge is 2.67. The Morgan fingerprint density at radius 2 is 1.08 bits per heavy atom. The van der Waals surface area contributed by atoms with E-state index in [1.807, 2.05) is 0 Å². The van der Waals surface area contributed by atoms with Crippen molar-refractivity contribution in [1.29, 1.82) is 0 Å². The number of nitrogens with zero attached hydrogens (tertiary/aromatic N) is 3. The number of anilines is 3. The van der Waals surface area contributed by atoms with Crippen LogP contribution in [0.1, 0.15) is 55.9 Å². The molecular formula is C49H57N7O17. The van der Waals surface area contributed by atoms with Gasteiger partial charge in [0.1, 0.15) is 45.7 Å². The number of nitrogens with two attached hydrogens (primary N) is 2. The summed E-state index contributed by atoms with van der Waals surface area (Å²) in [6.45, 7) is 3.79. The monoisotopic (exact) mass is 1020 g/mol. The number of amides is 4. The van der Waals surface area contributed by atoms with E-state index in [2.05, 4.69) is 10.6 Å². The number of aliphatic hydroxyl groups is 7. The third-order valence-electron chi connectivity index (χ3n) is 15.0. The maximum Gasteiger partial charge on any atom is 0.255 e. The lowest BCUT2D eigenvalue weighted by Gasteiger charge is -2.53. The van der Waals surface area contributed by atoms with Crippen LogP contribution in [0, 0.1) is 23.7 Å². The second-order valence-corrected chi connectivity index (χ2v) is 20.0. The van der Waals surface area contributed by atoms with Crippen molar-refractivity contribution >= 4 is 75.3 Å². The fourth-order valence-electron chi connectivity index (χ4n) is 11.8. The summed E-state index contributed by atoms with van der Waals surface area (Å²) in [6.07, 6.45) is -0.129. The molecule has 24 nitrogen and oxygen atoms in total. The van der Waals surface area contributed by atoms with Crippen molar-refractivity contribution in [3.8, 4) is 11.5 Å². The molecule has 2 aromatic rings. The lowest BCUT2D eigenvalue weighted by Crippen LogP contribution is -2.67. The third-order valence-corrected chi connectivity index (χ3v) is 15.0. The summed E-state index contributed by atoms with van der Waals surface area (Å²) in [5, 5.41) is 106. The zero-order valence-electron chi connectivity index (χ0n) is 41.1. The molecule has 0 heterocycles. The molecule has 6 aliphatic rings. The number of hydrogen-bond acceptors (Lipinski definition) is 20. The van der Waals surface area contributed by atoms with Crippen LogP contribution in [0.15, 0.2) is 52.0 Å². The minimum Gasteiger partial charge on any atom is -0.508 e. The van der Waals surface area contributed by atoms with Gasteiger partial charge in [0.2, 0.25) is 23.4 Å². The minimum atomic E-state index is -2.83. The van der Waals surface area contributed by atoms with E-state index in [9.17, 15) is 84.3 Å². The Hall–Kier alpha value is -7.64. The Morgan fingerprint density at radius 1 is 0.644 bits per heavy atom. The van der Waals surface area contributed by atoms with Crippen LogP contribution in [-0.2, 0) is 50.4 Å². The summed E-state index contributed by atoms with van der Waals surface area (Å²) >= 11 is 0. The van der Waals surface area contributed by atoms with Crippen LogP contribution in [-0.4, -0.2) is 168 Å². The van der Waals surface area contributed by atoms with E-state index >= 15 is 0 Å². The first kappa shape index (κ1) is 53.2. The molecule has 2 fully saturated rings. The first-order valence-corrected chi connectivity index (χ1v) is 22.7. The fraction of sp³-hybridized carbons (Fsp3) is 0.429. The predicted molar refractivity (Wildman–Crippen MR) is 257 cm³/mol. The van der Waals surface area contributed by atoms with Crippen LogP contribution in [0.2, 0.25) is 0 Å². The summed E-state index contributed by atoms with van der Waals surface area (Å²) < 4.78 is 0. The molecule has 8 rings (SSSR count). The SMILES string of the molecule is CC(=O)Nc1cc(N(C)C)c2c(c1O)C(O)=C1C(=O)[C@]3(O)C(O)=C(C(N)=O)C(=O)[C@H](N(C)C)C3CC1C2.CC(=O)Nc1ccc2c(c1O)C(O)=C1C(=O)[C@]3(O)C(O)=C(C(N)=O)C(=O)[C@@H](N(C)C)[C@@H]3C[C@@H]1[C@]2(C)O. The Balaban J connectivity index is 0.000000214. The molecular weight excluding hydrogens is 959 g/mol. The van der Waals surface area contributed by atoms with E-state index in [0.29, 0.717) is 11.3 Å². The molecule has 0 spiro atoms. The molecule has 0 aromatic heterocycles. The van der Waals surface area contributed by atoms with Crippen LogP contribution in [0.25, 0.3) is 11.5 Å². The van der Waals surface area contributed by atoms with Gasteiger partial charge < -0.3 is 73.0 Å². The Bertz CT molecular complexity index is 3040. The van der Waals surface area contributed by atoms with Gasteiger partial charge in [0.15, 0.2) is 22.8 Å². The molecule has 2 aromatic carbocycles. The zero-order valence-corrected chi connectivity index (χ0v) is 41.1. The zero-order chi connectivity index (χ0) is 54.8. The van der Waals surface area contributed by atoms with Gasteiger partial charge in [0, 0.05) is 62.5 Å². The first-order chi connectivity index (χ1) is 33.7. The predicted octanol–water partition coefficient (Wildman–Crippen LogP) is -0.424. The molecule has 4 amide bonds. The molecule has 6 aliphatic carbocycles. The van der Waals surface area contributed by atoms with Gasteiger partial charge in [-0.3, -0.25) is 48.2 Å². The number of carbonyl (C=O) groups excluding carboxylic acids is 8. The van der Waals surface area contributed by atoms with Crippen molar-refractivity contribution in [2.24, 2.45) is 35.1 Å². The summed E-state index contributed by atoms with van der Waals surface area (Å²) in [5.41, 5.74) is 1.20. The van der Waals surface area contributed by atoms with Gasteiger partial charge in [-0.1, -0.05) is 6.07 Å². The quantitative estimate of drug-likeness (QED) is 0.124. The number of phenols is 2. The van der Waals surface area contributed by atoms with Gasteiger partial charge in [-0.2, -0.15) is 0 Å². The number of benzene rings is 2. The second-order valence-electron chi connectivity index (χ2n) is 20.0. The largest absolute Gasteiger partial charge is 0.508 e. The van der Waals surface area contributed by atoms with Crippen molar-refractivity contribution in [3.63, 3.8) is 0 Å². The number of rotatable bonds is 7. The van der Waals surface area contributed by atoms with Crippen molar-refractivity contribution in [3.05, 3.63) is 74.3 Å². The highest BCUT2D eigenvalue weighted by Crippen LogP contribution is 2.59. The molecule has 0 saturated heterocycles. The molecule has 24 heteroatoms. The van der Waals surface area contributed by atoms with Gasteiger partial charge in [-0.25, -0.2) is 0 Å². The fourth-order valence-corrected chi connectivity index (χ4v) is 11.8. The number of phenolic OH excluding ortho intramolecular Hbond substituents is 2. The minimum absolute atomic E-state index is 0.00710. The van der Waals surface area contributed by atoms with Gasteiger partial charge in [0.05, 0.1) is 40.2 Å². The van der Waals surface area contributed by atoms with E-state index in [1.54, 1.807) is 39.2 Å². The van der Waals surface area contributed by atoms with E-state index in [0.717, 1.165) is 0 Å². The Labute approximate surface area is 416 Å². The van der Waals surface area contributed by atoms with Gasteiger partial charge in [0.25, 0.3) is 11.8 Å². The second kappa shape index (κ2) is 17.8. The number of Topliss-reactive ketones (excluding diaryl/α,β-unsaturated/α-hetero) is 4. The summed E-state index contributed by atoms with van der Waals surface area (Å²) in [4.78, 5) is 106. The highest BCUT2D eigenvalue weighted by molar-refractivity contribution is 6.26. The number of hydrogen-bond donors (Lipinski definition) is 13. The normalized spacial score (nSPS) is 29.3. The van der Waals surface area contributed by atoms with Crippen LogP contribution in [0.5, 0.6) is 11.5 Å². The van der Waals surface area contributed by atoms with Crippen LogP contribution in [0.3, 0.4) is 0 Å². The third kappa shape index (κ3) is 7.61. The number of ketones is 4. The smallest absolute Gasteiger partial charge is 0.255 e. The van der Waals surface area contributed by atoms with Crippen LogP contribution in [0.4, 0.5) is 17.1 Å². The molecule has 9 atom stereocenters. The average molecular weight is 1020 g/mol. The van der Waals surface area contributed by atoms with E-state index in [-0.39, 0.29) is 52.9 Å². The number of carbonyl (C=O) groups is 8. The summed E-state index contributed by atoms with van der Waals surface area (Å²) in [7, 11) is 9.52. The summed E-state index contributed by atoms with van der Waals surface area (Å²) in [5.74, 6) is -16.9. The Kier molecular flexibility index (Phi) is 13.0. The van der Waals surface area contributed by atoms with E-state index in [4.69, 9.17) is 11.5 Å². The highest BCUT2D eigenvalue weighted by atomic mass is 16.4. The maximum absolute atomic E-state index is 13.9. The average Bonchev–Trinajstić information content (AvgIpc) is 3.26. The number of nitrogens with one attached hydrogen (secondary N) is 2. The lowest BCUT2D eigenvalue weighted by molar-refractivity contribution is -0.159. The molecule has 0 radical (unpaired) electrons. The first-order valence-electron chi connectivity index (χ1n) is 22.7. The van der Waals surface area contributed by atoms with Crippen molar-refractivity contribution in [2.45, 2.75) is 68.9 Å². The molecule has 2 unspecified atom stereocenters. The van der Waals surface area contributed by atoms with Crippen LogP contribution >= 0.6 is 0 Å². The standard InChI is InChI=1S/C25H30N4O8.C24H27N3O9/c1-9(30)27-13-8-14(28(2)3)11-6-10-7-12-18(29(4)5)21(33)17(24(26)36)23(35)25(12,37)22(34)15(10)20(32)16(11)19(13)31;1-8(28)26-12-6-5-9-13(17(12)29)18(30)14-10(23(9,2)35)7-11-16(27(3)4)19(31)15(22(25)34)21(33)24(11,36)20(14)32/h8,10,12,18,31-32,35,37H,6-7H2,1-5H3,(H2,26,36)(H,27,30);5-6,10-11,16,29-30,33,35-36H,7H2,1-4H3,(H2,25,34)(H,26,28)/t10?,12?,18-,25+;10-,11-,16-,23+,24-/m10/s1. The summed E-state index contributed by atoms with van der Waals surface area (Å²) in [6, 6.07) is 1.82. The van der Waals surface area contributed by atoms with Gasteiger partial charge in [-0.05, 0) is 83.6 Å². The van der Waals surface area contributed by atoms with Gasteiger partial charge >= 0.3 is 0 Å². The number of aromatic hydroxyl groups is 2. The molecule has 0 aliphatic heterocycles. The number of fused-ring (bicyclic) bond motifs is 6. The van der Waals surface area contributed by atoms with E-state index < -0.39 is 151 Å². The molecule has 73 heavy (non-hydrogen) atoms. The van der Waals surface area contributed by atoms with Crippen molar-refractivity contribution in [2.75, 3.05) is 57.8 Å². The lowest BCUT2D eigenvalue weighted by atomic mass is 9.54. The van der Waals surface area contributed by atoms with Crippen molar-refractivity contribution in [1.82, 2.24) is 9.80 Å².